The number of hydrogen-bond acceptors (Lipinski definition) is 2. The van der Waals surface area contributed by atoms with Gasteiger partial charge in [0.15, 0.2) is 0 Å². The van der Waals surface area contributed by atoms with Crippen LogP contribution >= 0.6 is 11.8 Å². The highest BCUT2D eigenvalue weighted by Crippen LogP contribution is 2.13. The third-order valence-corrected chi connectivity index (χ3v) is 2.57. The number of hydrogen-bond donors (Lipinski definition) is 1. The maximum absolute atomic E-state index is 5.40. The second-order valence-corrected chi connectivity index (χ2v) is 3.88. The molecule has 0 aromatic carbocycles. The lowest BCUT2D eigenvalue weighted by molar-refractivity contribution is 0.822. The van der Waals surface area contributed by atoms with Gasteiger partial charge in [0.25, 0.3) is 0 Å². The van der Waals surface area contributed by atoms with Crippen LogP contribution in [-0.2, 0) is 0 Å². The highest BCUT2D eigenvalue weighted by Gasteiger charge is 1.98. The van der Waals surface area contributed by atoms with Crippen LogP contribution in [0.25, 0.3) is 0 Å². The normalized spacial score (nSPS) is 13.0. The summed E-state index contributed by atoms with van der Waals surface area (Å²) in [4.78, 5) is 0. The zero-order chi connectivity index (χ0) is 7.82. The summed E-state index contributed by atoms with van der Waals surface area (Å²) in [6.45, 7) is 6.70. The van der Waals surface area contributed by atoms with Crippen LogP contribution in [0.3, 0.4) is 0 Å². The molecule has 0 fully saturated rings. The van der Waals surface area contributed by atoms with Gasteiger partial charge in [-0.2, -0.15) is 11.8 Å². The van der Waals surface area contributed by atoms with Crippen molar-refractivity contribution in [2.75, 3.05) is 12.3 Å². The molecule has 0 spiro atoms. The summed E-state index contributed by atoms with van der Waals surface area (Å²) in [5.41, 5.74) is 5.40. The van der Waals surface area contributed by atoms with E-state index in [1.54, 1.807) is 0 Å². The van der Waals surface area contributed by atoms with E-state index in [0.29, 0.717) is 5.25 Å². The second-order valence-electron chi connectivity index (χ2n) is 2.34. The second kappa shape index (κ2) is 7.16. The molecule has 0 aliphatic carbocycles. The molecular formula is C8H17NS. The lowest BCUT2D eigenvalue weighted by Crippen LogP contribution is -2.07. The SMILES string of the molecule is C=CCCSC(C)CCN. The molecule has 0 aromatic heterocycles. The molecule has 0 amide bonds. The summed E-state index contributed by atoms with van der Waals surface area (Å²) in [6, 6.07) is 0. The van der Waals surface area contributed by atoms with E-state index in [1.807, 2.05) is 17.8 Å². The van der Waals surface area contributed by atoms with Gasteiger partial charge in [-0.1, -0.05) is 13.0 Å². The fourth-order valence-corrected chi connectivity index (χ4v) is 1.68. The van der Waals surface area contributed by atoms with E-state index in [9.17, 15) is 0 Å². The molecule has 10 heavy (non-hydrogen) atoms. The van der Waals surface area contributed by atoms with Crippen molar-refractivity contribution < 1.29 is 0 Å². The van der Waals surface area contributed by atoms with Gasteiger partial charge in [-0.15, -0.1) is 6.58 Å². The van der Waals surface area contributed by atoms with Gasteiger partial charge in [0.05, 0.1) is 0 Å². The van der Waals surface area contributed by atoms with Crippen molar-refractivity contribution in [2.45, 2.75) is 25.0 Å². The van der Waals surface area contributed by atoms with Crippen LogP contribution in [0.1, 0.15) is 19.8 Å². The van der Waals surface area contributed by atoms with Gasteiger partial charge >= 0.3 is 0 Å². The van der Waals surface area contributed by atoms with Crippen molar-refractivity contribution in [3.63, 3.8) is 0 Å². The molecule has 0 aromatic rings. The average Bonchev–Trinajstić information content (AvgIpc) is 1.89. The lowest BCUT2D eigenvalue weighted by Gasteiger charge is -2.07. The predicted octanol–water partition coefficient (Wildman–Crippen LogP) is 2.03. The zero-order valence-corrected chi connectivity index (χ0v) is 7.49. The summed E-state index contributed by atoms with van der Waals surface area (Å²) in [7, 11) is 0. The highest BCUT2D eigenvalue weighted by molar-refractivity contribution is 7.99. The fraction of sp³-hybridized carbons (Fsp3) is 0.750. The predicted molar refractivity (Wildman–Crippen MR) is 50.4 cm³/mol. The smallest absolute Gasteiger partial charge is 0.00308 e. The van der Waals surface area contributed by atoms with Crippen LogP contribution in [-0.4, -0.2) is 17.5 Å². The summed E-state index contributed by atoms with van der Waals surface area (Å²) in [5, 5.41) is 0.713. The van der Waals surface area contributed by atoms with Crippen LogP contribution in [0.4, 0.5) is 0 Å². The molecule has 2 heteroatoms. The van der Waals surface area contributed by atoms with Crippen LogP contribution in [0, 0.1) is 0 Å². The average molecular weight is 159 g/mol. The van der Waals surface area contributed by atoms with Crippen LogP contribution in [0.15, 0.2) is 12.7 Å². The Hall–Kier alpha value is 0.0500. The van der Waals surface area contributed by atoms with Gasteiger partial charge in [0, 0.05) is 5.25 Å². The van der Waals surface area contributed by atoms with Crippen LogP contribution in [0.2, 0.25) is 0 Å². The Morgan fingerprint density at radius 3 is 2.90 bits per heavy atom. The first-order valence-corrected chi connectivity index (χ1v) is 4.78. The topological polar surface area (TPSA) is 26.0 Å². The molecule has 0 saturated heterocycles. The third-order valence-electron chi connectivity index (χ3n) is 1.30. The first kappa shape index (κ1) is 10.0. The molecule has 0 aliphatic heterocycles. The van der Waals surface area contributed by atoms with E-state index < -0.39 is 0 Å². The molecule has 2 N–H and O–H groups in total. The maximum Gasteiger partial charge on any atom is 0.00308 e. The van der Waals surface area contributed by atoms with Crippen molar-refractivity contribution in [3.8, 4) is 0 Å². The first-order valence-electron chi connectivity index (χ1n) is 3.73. The van der Waals surface area contributed by atoms with Crippen molar-refractivity contribution in [3.05, 3.63) is 12.7 Å². The minimum Gasteiger partial charge on any atom is -0.330 e. The largest absolute Gasteiger partial charge is 0.330 e. The molecule has 0 radical (unpaired) electrons. The first-order chi connectivity index (χ1) is 4.81. The third kappa shape index (κ3) is 6.17. The number of thioether (sulfide) groups is 1. The summed E-state index contributed by atoms with van der Waals surface area (Å²) in [5.74, 6) is 1.19. The molecule has 60 valence electrons. The Kier molecular flexibility index (Phi) is 7.20. The standard InChI is InChI=1S/C8H17NS/c1-3-4-7-10-8(2)5-6-9/h3,8H,1,4-7,9H2,2H3. The quantitative estimate of drug-likeness (QED) is 0.474. The zero-order valence-electron chi connectivity index (χ0n) is 6.68. The maximum atomic E-state index is 5.40. The van der Waals surface area contributed by atoms with E-state index in [2.05, 4.69) is 13.5 Å². The van der Waals surface area contributed by atoms with Gasteiger partial charge in [0.1, 0.15) is 0 Å². The van der Waals surface area contributed by atoms with Crippen molar-refractivity contribution in [1.29, 1.82) is 0 Å². The lowest BCUT2D eigenvalue weighted by atomic mass is 10.3. The van der Waals surface area contributed by atoms with Crippen molar-refractivity contribution in [1.82, 2.24) is 0 Å². The number of rotatable bonds is 6. The van der Waals surface area contributed by atoms with E-state index >= 15 is 0 Å². The van der Waals surface area contributed by atoms with Crippen molar-refractivity contribution >= 4 is 11.8 Å². The molecule has 0 bridgehead atoms. The number of nitrogens with two attached hydrogens (primary N) is 1. The van der Waals surface area contributed by atoms with Gasteiger partial charge in [-0.25, -0.2) is 0 Å². The van der Waals surface area contributed by atoms with Crippen molar-refractivity contribution in [2.24, 2.45) is 5.73 Å². The van der Waals surface area contributed by atoms with E-state index in [4.69, 9.17) is 5.73 Å². The monoisotopic (exact) mass is 159 g/mol. The number of allylic oxidation sites excluding steroid dienone is 1. The highest BCUT2D eigenvalue weighted by atomic mass is 32.2. The Labute approximate surface area is 68.1 Å². The Bertz CT molecular complexity index is 83.3. The molecule has 0 heterocycles. The van der Waals surface area contributed by atoms with E-state index in [0.717, 1.165) is 19.4 Å². The van der Waals surface area contributed by atoms with Gasteiger partial charge in [-0.3, -0.25) is 0 Å². The van der Waals surface area contributed by atoms with Gasteiger partial charge in [0.2, 0.25) is 0 Å². The summed E-state index contributed by atoms with van der Waals surface area (Å²) in [6.07, 6.45) is 4.20. The molecular weight excluding hydrogens is 142 g/mol. The molecule has 0 saturated carbocycles. The summed E-state index contributed by atoms with van der Waals surface area (Å²) < 4.78 is 0. The Morgan fingerprint density at radius 1 is 1.70 bits per heavy atom. The molecule has 1 unspecified atom stereocenters. The minimum atomic E-state index is 0.713. The van der Waals surface area contributed by atoms with E-state index in [-0.39, 0.29) is 0 Å². The van der Waals surface area contributed by atoms with Crippen LogP contribution < -0.4 is 5.73 Å². The van der Waals surface area contributed by atoms with Gasteiger partial charge in [-0.05, 0) is 25.1 Å². The minimum absolute atomic E-state index is 0.713. The van der Waals surface area contributed by atoms with Crippen LogP contribution in [0.5, 0.6) is 0 Å². The molecule has 0 rings (SSSR count). The fourth-order valence-electron chi connectivity index (χ4n) is 0.671. The molecule has 1 nitrogen and oxygen atoms in total. The Morgan fingerprint density at radius 2 is 2.40 bits per heavy atom. The van der Waals surface area contributed by atoms with Gasteiger partial charge < -0.3 is 5.73 Å². The molecule has 1 atom stereocenters. The van der Waals surface area contributed by atoms with E-state index in [1.165, 1.54) is 5.75 Å². The molecule has 0 aliphatic rings. The summed E-state index contributed by atoms with van der Waals surface area (Å²) >= 11 is 1.97. The Balaban J connectivity index is 3.04.